The topological polar surface area (TPSA) is 42.1 Å². The molecule has 4 heteroatoms. The first kappa shape index (κ1) is 12.9. The zero-order valence-corrected chi connectivity index (χ0v) is 10.8. The number of pyridine rings is 1. The number of aromatic nitrogens is 1. The van der Waals surface area contributed by atoms with Gasteiger partial charge >= 0.3 is 0 Å². The van der Waals surface area contributed by atoms with E-state index in [1.807, 2.05) is 42.5 Å². The molecule has 1 aromatic carbocycles. The lowest BCUT2D eigenvalue weighted by Gasteiger charge is -2.23. The molecule has 2 rings (SSSR count). The van der Waals surface area contributed by atoms with Gasteiger partial charge in [0.05, 0.1) is 0 Å². The van der Waals surface area contributed by atoms with Gasteiger partial charge in [0.15, 0.2) is 0 Å². The molecule has 0 aliphatic rings. The summed E-state index contributed by atoms with van der Waals surface area (Å²) >= 11 is 5.88. The SMILES string of the molecule is NCCN(Cc1ccc(Cl)cc1)c1ccccn1. The number of anilines is 1. The highest BCUT2D eigenvalue weighted by atomic mass is 35.5. The summed E-state index contributed by atoms with van der Waals surface area (Å²) in [4.78, 5) is 6.51. The second kappa shape index (κ2) is 6.38. The predicted octanol–water partition coefficient (Wildman–Crippen LogP) is 2.70. The Hall–Kier alpha value is -1.58. The van der Waals surface area contributed by atoms with Gasteiger partial charge in [-0.2, -0.15) is 0 Å². The summed E-state index contributed by atoms with van der Waals surface area (Å²) in [6.07, 6.45) is 1.79. The molecule has 0 bridgehead atoms. The highest BCUT2D eigenvalue weighted by molar-refractivity contribution is 6.30. The van der Waals surface area contributed by atoms with Crippen LogP contribution in [0.2, 0.25) is 5.02 Å². The van der Waals surface area contributed by atoms with Crippen molar-refractivity contribution in [2.24, 2.45) is 5.73 Å². The molecule has 0 amide bonds. The minimum Gasteiger partial charge on any atom is -0.351 e. The first-order valence-corrected chi connectivity index (χ1v) is 6.28. The Balaban J connectivity index is 2.14. The van der Waals surface area contributed by atoms with Crippen LogP contribution in [0.1, 0.15) is 5.56 Å². The summed E-state index contributed by atoms with van der Waals surface area (Å²) in [6.45, 7) is 2.16. The molecule has 18 heavy (non-hydrogen) atoms. The Morgan fingerprint density at radius 3 is 2.50 bits per heavy atom. The van der Waals surface area contributed by atoms with Gasteiger partial charge in [-0.25, -0.2) is 4.98 Å². The van der Waals surface area contributed by atoms with E-state index in [-0.39, 0.29) is 0 Å². The lowest BCUT2D eigenvalue weighted by Crippen LogP contribution is -2.29. The Kier molecular flexibility index (Phi) is 4.56. The van der Waals surface area contributed by atoms with Crippen LogP contribution < -0.4 is 10.6 Å². The molecule has 0 saturated heterocycles. The molecule has 0 aliphatic carbocycles. The fourth-order valence-corrected chi connectivity index (χ4v) is 1.91. The molecule has 1 aromatic heterocycles. The van der Waals surface area contributed by atoms with E-state index in [0.29, 0.717) is 6.54 Å². The van der Waals surface area contributed by atoms with Gasteiger partial charge in [0, 0.05) is 30.9 Å². The molecule has 0 radical (unpaired) electrons. The van der Waals surface area contributed by atoms with Crippen LogP contribution in [0.3, 0.4) is 0 Å². The van der Waals surface area contributed by atoms with E-state index in [1.165, 1.54) is 5.56 Å². The van der Waals surface area contributed by atoms with Crippen molar-refractivity contribution in [3.05, 3.63) is 59.2 Å². The molecule has 3 nitrogen and oxygen atoms in total. The van der Waals surface area contributed by atoms with Crippen molar-refractivity contribution in [2.45, 2.75) is 6.54 Å². The zero-order chi connectivity index (χ0) is 12.8. The highest BCUT2D eigenvalue weighted by Gasteiger charge is 2.07. The fraction of sp³-hybridized carbons (Fsp3) is 0.214. The van der Waals surface area contributed by atoms with E-state index >= 15 is 0 Å². The number of hydrogen-bond acceptors (Lipinski definition) is 3. The van der Waals surface area contributed by atoms with Crippen molar-refractivity contribution < 1.29 is 0 Å². The van der Waals surface area contributed by atoms with Gasteiger partial charge < -0.3 is 10.6 Å². The zero-order valence-electron chi connectivity index (χ0n) is 10.1. The molecule has 0 aliphatic heterocycles. The second-order valence-electron chi connectivity index (χ2n) is 4.02. The average Bonchev–Trinajstić information content (AvgIpc) is 2.42. The first-order valence-electron chi connectivity index (χ1n) is 5.90. The predicted molar refractivity (Wildman–Crippen MR) is 75.8 cm³/mol. The minimum absolute atomic E-state index is 0.601. The van der Waals surface area contributed by atoms with Crippen LogP contribution in [0.15, 0.2) is 48.7 Å². The van der Waals surface area contributed by atoms with Crippen molar-refractivity contribution in [3.63, 3.8) is 0 Å². The number of nitrogens with two attached hydrogens (primary N) is 1. The largest absolute Gasteiger partial charge is 0.351 e. The third-order valence-electron chi connectivity index (χ3n) is 2.66. The minimum atomic E-state index is 0.601. The Labute approximate surface area is 112 Å². The summed E-state index contributed by atoms with van der Waals surface area (Å²) in [5.74, 6) is 0.943. The van der Waals surface area contributed by atoms with Gasteiger partial charge in [0.2, 0.25) is 0 Å². The molecule has 0 saturated carbocycles. The molecule has 2 aromatic rings. The lowest BCUT2D eigenvalue weighted by molar-refractivity contribution is 0.776. The third kappa shape index (κ3) is 3.45. The molecule has 2 N–H and O–H groups in total. The lowest BCUT2D eigenvalue weighted by atomic mass is 10.2. The van der Waals surface area contributed by atoms with Crippen molar-refractivity contribution >= 4 is 17.4 Å². The van der Waals surface area contributed by atoms with Crippen LogP contribution in [0.5, 0.6) is 0 Å². The van der Waals surface area contributed by atoms with E-state index in [4.69, 9.17) is 17.3 Å². The van der Waals surface area contributed by atoms with Gasteiger partial charge in [-0.15, -0.1) is 0 Å². The number of benzene rings is 1. The summed E-state index contributed by atoms with van der Waals surface area (Å²) < 4.78 is 0. The molecule has 94 valence electrons. The van der Waals surface area contributed by atoms with Gasteiger partial charge in [-0.05, 0) is 29.8 Å². The Morgan fingerprint density at radius 2 is 1.89 bits per heavy atom. The number of hydrogen-bond donors (Lipinski definition) is 1. The molecule has 0 spiro atoms. The molecular formula is C14H16ClN3. The molecule has 0 fully saturated rings. The van der Waals surface area contributed by atoms with Crippen LogP contribution in [0.25, 0.3) is 0 Å². The summed E-state index contributed by atoms with van der Waals surface area (Å²) in [7, 11) is 0. The number of rotatable bonds is 5. The van der Waals surface area contributed by atoms with Crippen LogP contribution in [-0.4, -0.2) is 18.1 Å². The molecule has 0 atom stereocenters. The van der Waals surface area contributed by atoms with Crippen molar-refractivity contribution in [3.8, 4) is 0 Å². The monoisotopic (exact) mass is 261 g/mol. The molecular weight excluding hydrogens is 246 g/mol. The highest BCUT2D eigenvalue weighted by Crippen LogP contribution is 2.15. The summed E-state index contributed by atoms with van der Waals surface area (Å²) in [5, 5.41) is 0.752. The third-order valence-corrected chi connectivity index (χ3v) is 2.91. The van der Waals surface area contributed by atoms with Gasteiger partial charge in [-0.3, -0.25) is 0 Å². The maximum absolute atomic E-state index is 5.88. The quantitative estimate of drug-likeness (QED) is 0.900. The van der Waals surface area contributed by atoms with Gasteiger partial charge in [0.25, 0.3) is 0 Å². The van der Waals surface area contributed by atoms with E-state index in [2.05, 4.69) is 9.88 Å². The summed E-state index contributed by atoms with van der Waals surface area (Å²) in [5.41, 5.74) is 6.85. The van der Waals surface area contributed by atoms with E-state index in [1.54, 1.807) is 6.20 Å². The molecule has 1 heterocycles. The average molecular weight is 262 g/mol. The van der Waals surface area contributed by atoms with Crippen molar-refractivity contribution in [2.75, 3.05) is 18.0 Å². The maximum Gasteiger partial charge on any atom is 0.128 e. The second-order valence-corrected chi connectivity index (χ2v) is 4.46. The number of halogens is 1. The Bertz CT molecular complexity index is 470. The van der Waals surface area contributed by atoms with E-state index in [0.717, 1.165) is 23.9 Å². The van der Waals surface area contributed by atoms with Gasteiger partial charge in [0.1, 0.15) is 5.82 Å². The Morgan fingerprint density at radius 1 is 1.11 bits per heavy atom. The standard InChI is InChI=1S/C14H16ClN3/c15-13-6-4-12(5-7-13)11-18(10-8-16)14-3-1-2-9-17-14/h1-7,9H,8,10-11,16H2. The normalized spacial score (nSPS) is 10.3. The van der Waals surface area contributed by atoms with Crippen LogP contribution >= 0.6 is 11.6 Å². The van der Waals surface area contributed by atoms with Crippen LogP contribution in [0.4, 0.5) is 5.82 Å². The number of nitrogens with zero attached hydrogens (tertiary/aromatic N) is 2. The first-order chi connectivity index (χ1) is 8.79. The molecule has 0 unspecified atom stereocenters. The fourth-order valence-electron chi connectivity index (χ4n) is 1.78. The van der Waals surface area contributed by atoms with Crippen molar-refractivity contribution in [1.82, 2.24) is 4.98 Å². The van der Waals surface area contributed by atoms with E-state index in [9.17, 15) is 0 Å². The van der Waals surface area contributed by atoms with E-state index < -0.39 is 0 Å². The van der Waals surface area contributed by atoms with Crippen LogP contribution in [-0.2, 0) is 6.54 Å². The van der Waals surface area contributed by atoms with Crippen molar-refractivity contribution in [1.29, 1.82) is 0 Å². The summed E-state index contributed by atoms with van der Waals surface area (Å²) in [6, 6.07) is 13.7. The smallest absolute Gasteiger partial charge is 0.128 e. The van der Waals surface area contributed by atoms with Gasteiger partial charge in [-0.1, -0.05) is 29.8 Å². The van der Waals surface area contributed by atoms with Crippen LogP contribution in [0, 0.1) is 0 Å². The maximum atomic E-state index is 5.88.